The molecule has 1 aromatic rings. The molecule has 0 unspecified atom stereocenters. The zero-order chi connectivity index (χ0) is 9.14. The molecular formula is C8H10O3S. The topological polar surface area (TPSA) is 46.5 Å². The lowest BCUT2D eigenvalue weighted by Gasteiger charge is -2.03. The quantitative estimate of drug-likeness (QED) is 0.713. The minimum Gasteiger partial charge on any atom is -0.465 e. The molecular weight excluding hydrogens is 176 g/mol. The second kappa shape index (κ2) is 3.69. The Hall–Kier alpha value is -0.870. The summed E-state index contributed by atoms with van der Waals surface area (Å²) in [7, 11) is 1.33. The third-order valence-electron chi connectivity index (χ3n) is 1.52. The normalized spacial score (nSPS) is 12.6. The molecule has 1 rings (SSSR count). The van der Waals surface area contributed by atoms with Crippen LogP contribution >= 0.6 is 11.3 Å². The molecule has 1 aromatic heterocycles. The molecule has 12 heavy (non-hydrogen) atoms. The van der Waals surface area contributed by atoms with Gasteiger partial charge >= 0.3 is 5.97 Å². The summed E-state index contributed by atoms with van der Waals surface area (Å²) in [6, 6.07) is 1.72. The number of carbonyl (C=O) groups is 1. The van der Waals surface area contributed by atoms with Crippen LogP contribution in [0.2, 0.25) is 0 Å². The minimum atomic E-state index is -0.620. The van der Waals surface area contributed by atoms with Crippen LogP contribution in [0.25, 0.3) is 0 Å². The highest BCUT2D eigenvalue weighted by atomic mass is 32.1. The summed E-state index contributed by atoms with van der Waals surface area (Å²) >= 11 is 1.28. The van der Waals surface area contributed by atoms with Crippen LogP contribution in [0.15, 0.2) is 11.4 Å². The monoisotopic (exact) mass is 186 g/mol. The number of thiophene rings is 1. The Morgan fingerprint density at radius 2 is 2.42 bits per heavy atom. The maximum absolute atomic E-state index is 11.1. The molecule has 0 amide bonds. The summed E-state index contributed by atoms with van der Waals surface area (Å²) in [6.07, 6.45) is -0.620. The predicted octanol–water partition coefficient (Wildman–Crippen LogP) is 1.59. The number of hydrogen-bond donors (Lipinski definition) is 1. The number of methoxy groups -OCH3 is 1. The molecule has 1 atom stereocenters. The first kappa shape index (κ1) is 9.22. The van der Waals surface area contributed by atoms with Gasteiger partial charge in [-0.2, -0.15) is 0 Å². The number of ether oxygens (including phenoxy) is 1. The van der Waals surface area contributed by atoms with Crippen molar-refractivity contribution in [1.82, 2.24) is 0 Å². The van der Waals surface area contributed by atoms with E-state index < -0.39 is 6.10 Å². The summed E-state index contributed by atoms with van der Waals surface area (Å²) < 4.78 is 4.55. The summed E-state index contributed by atoms with van der Waals surface area (Å²) in [4.78, 5) is 11.6. The van der Waals surface area contributed by atoms with Crippen molar-refractivity contribution in [3.63, 3.8) is 0 Å². The van der Waals surface area contributed by atoms with E-state index in [9.17, 15) is 9.90 Å². The van der Waals surface area contributed by atoms with Crippen LogP contribution in [-0.2, 0) is 4.74 Å². The van der Waals surface area contributed by atoms with Crippen LogP contribution in [0, 0.1) is 0 Å². The van der Waals surface area contributed by atoms with Crippen LogP contribution in [0.3, 0.4) is 0 Å². The Morgan fingerprint density at radius 3 is 2.92 bits per heavy atom. The second-order valence-corrected chi connectivity index (χ2v) is 3.29. The highest BCUT2D eigenvalue weighted by Gasteiger charge is 2.16. The molecule has 0 spiro atoms. The van der Waals surface area contributed by atoms with Gasteiger partial charge in [-0.1, -0.05) is 0 Å². The van der Waals surface area contributed by atoms with E-state index in [0.29, 0.717) is 10.4 Å². The maximum atomic E-state index is 11.1. The van der Waals surface area contributed by atoms with Crippen molar-refractivity contribution in [3.8, 4) is 0 Å². The summed E-state index contributed by atoms with van der Waals surface area (Å²) in [5.74, 6) is -0.388. The van der Waals surface area contributed by atoms with Gasteiger partial charge in [-0.25, -0.2) is 4.79 Å². The van der Waals surface area contributed by atoms with Crippen molar-refractivity contribution >= 4 is 17.3 Å². The zero-order valence-corrected chi connectivity index (χ0v) is 7.72. The Morgan fingerprint density at radius 1 is 1.75 bits per heavy atom. The van der Waals surface area contributed by atoms with Gasteiger partial charge in [-0.15, -0.1) is 11.3 Å². The van der Waals surface area contributed by atoms with Gasteiger partial charge in [0, 0.05) is 5.56 Å². The lowest BCUT2D eigenvalue weighted by atomic mass is 10.2. The van der Waals surface area contributed by atoms with Crippen LogP contribution < -0.4 is 0 Å². The fourth-order valence-corrected chi connectivity index (χ4v) is 1.81. The van der Waals surface area contributed by atoms with Gasteiger partial charge in [0.25, 0.3) is 0 Å². The highest BCUT2D eigenvalue weighted by molar-refractivity contribution is 7.12. The molecule has 66 valence electrons. The molecule has 1 N–H and O–H groups in total. The molecule has 0 radical (unpaired) electrons. The third kappa shape index (κ3) is 1.65. The summed E-state index contributed by atoms with van der Waals surface area (Å²) in [5, 5.41) is 11.0. The van der Waals surface area contributed by atoms with Crippen LogP contribution in [0.4, 0.5) is 0 Å². The molecule has 1 heterocycles. The molecule has 0 aromatic carbocycles. The summed E-state index contributed by atoms with van der Waals surface area (Å²) in [5.41, 5.74) is 0.631. The number of rotatable bonds is 2. The third-order valence-corrected chi connectivity index (χ3v) is 2.43. The molecule has 0 fully saturated rings. The van der Waals surface area contributed by atoms with Crippen molar-refractivity contribution in [2.75, 3.05) is 7.11 Å². The van der Waals surface area contributed by atoms with E-state index in [1.807, 2.05) is 0 Å². The van der Waals surface area contributed by atoms with E-state index in [1.54, 1.807) is 18.4 Å². The van der Waals surface area contributed by atoms with Gasteiger partial charge in [0.15, 0.2) is 0 Å². The first-order valence-electron chi connectivity index (χ1n) is 3.50. The Bertz CT molecular complexity index is 278. The van der Waals surface area contributed by atoms with E-state index in [0.717, 1.165) is 0 Å². The van der Waals surface area contributed by atoms with Crippen molar-refractivity contribution in [3.05, 3.63) is 21.9 Å². The van der Waals surface area contributed by atoms with E-state index in [4.69, 9.17) is 0 Å². The standard InChI is InChI=1S/C8H10O3S/c1-5(9)6-3-4-12-7(6)8(10)11-2/h3-5,9H,1-2H3/t5-/m0/s1. The van der Waals surface area contributed by atoms with E-state index >= 15 is 0 Å². The largest absolute Gasteiger partial charge is 0.465 e. The fourth-order valence-electron chi connectivity index (χ4n) is 0.907. The molecule has 0 saturated carbocycles. The average molecular weight is 186 g/mol. The lowest BCUT2D eigenvalue weighted by molar-refractivity contribution is 0.0600. The number of aliphatic hydroxyl groups is 1. The number of esters is 1. The fraction of sp³-hybridized carbons (Fsp3) is 0.375. The smallest absolute Gasteiger partial charge is 0.348 e. The maximum Gasteiger partial charge on any atom is 0.348 e. The number of aliphatic hydroxyl groups excluding tert-OH is 1. The van der Waals surface area contributed by atoms with Gasteiger partial charge in [-0.3, -0.25) is 0 Å². The zero-order valence-electron chi connectivity index (χ0n) is 6.90. The Kier molecular flexibility index (Phi) is 2.83. The number of carbonyl (C=O) groups excluding carboxylic acids is 1. The second-order valence-electron chi connectivity index (χ2n) is 2.37. The van der Waals surface area contributed by atoms with Crippen LogP contribution in [-0.4, -0.2) is 18.2 Å². The SMILES string of the molecule is COC(=O)c1sccc1[C@H](C)O. The Balaban J connectivity index is 2.99. The molecule has 4 heteroatoms. The predicted molar refractivity (Wildman–Crippen MR) is 46.3 cm³/mol. The van der Waals surface area contributed by atoms with Gasteiger partial charge < -0.3 is 9.84 Å². The molecule has 0 aliphatic heterocycles. The van der Waals surface area contributed by atoms with Gasteiger partial charge in [0.2, 0.25) is 0 Å². The lowest BCUT2D eigenvalue weighted by Crippen LogP contribution is -2.03. The molecule has 0 aliphatic rings. The molecule has 0 saturated heterocycles. The highest BCUT2D eigenvalue weighted by Crippen LogP contribution is 2.23. The van der Waals surface area contributed by atoms with Crippen LogP contribution in [0.1, 0.15) is 28.3 Å². The van der Waals surface area contributed by atoms with E-state index in [1.165, 1.54) is 18.4 Å². The number of hydrogen-bond acceptors (Lipinski definition) is 4. The van der Waals surface area contributed by atoms with Gasteiger partial charge in [-0.05, 0) is 18.4 Å². The van der Waals surface area contributed by atoms with E-state index in [2.05, 4.69) is 4.74 Å². The summed E-state index contributed by atoms with van der Waals surface area (Å²) in [6.45, 7) is 1.62. The molecule has 0 bridgehead atoms. The molecule has 3 nitrogen and oxygen atoms in total. The van der Waals surface area contributed by atoms with E-state index in [-0.39, 0.29) is 5.97 Å². The first-order chi connectivity index (χ1) is 5.66. The van der Waals surface area contributed by atoms with Crippen molar-refractivity contribution in [1.29, 1.82) is 0 Å². The first-order valence-corrected chi connectivity index (χ1v) is 4.38. The average Bonchev–Trinajstić information content (AvgIpc) is 2.50. The van der Waals surface area contributed by atoms with Gasteiger partial charge in [0.05, 0.1) is 13.2 Å². The van der Waals surface area contributed by atoms with Gasteiger partial charge in [0.1, 0.15) is 4.88 Å². The van der Waals surface area contributed by atoms with Crippen molar-refractivity contribution < 1.29 is 14.6 Å². The van der Waals surface area contributed by atoms with Crippen LogP contribution in [0.5, 0.6) is 0 Å². The minimum absolute atomic E-state index is 0.388. The molecule has 0 aliphatic carbocycles. The Labute approximate surface area is 74.6 Å². The van der Waals surface area contributed by atoms with Crippen molar-refractivity contribution in [2.24, 2.45) is 0 Å². The van der Waals surface area contributed by atoms with Crippen molar-refractivity contribution in [2.45, 2.75) is 13.0 Å².